The summed E-state index contributed by atoms with van der Waals surface area (Å²) in [6.45, 7) is 12.5. The van der Waals surface area contributed by atoms with E-state index in [0.29, 0.717) is 6.61 Å². The van der Waals surface area contributed by atoms with Crippen molar-refractivity contribution < 1.29 is 9.47 Å². The number of pyridine rings is 1. The summed E-state index contributed by atoms with van der Waals surface area (Å²) in [5.74, 6) is 0.886. The van der Waals surface area contributed by atoms with Crippen molar-refractivity contribution in [3.63, 3.8) is 0 Å². The maximum Gasteiger partial charge on any atom is 0.147 e. The van der Waals surface area contributed by atoms with Crippen LogP contribution in [0.5, 0.6) is 0 Å². The molecule has 0 N–H and O–H groups in total. The second-order valence-corrected chi connectivity index (χ2v) is 8.48. The Labute approximate surface area is 169 Å². The number of hydrogen-bond donors (Lipinski definition) is 0. The molecule has 3 heterocycles. The molecule has 1 saturated heterocycles. The molecule has 28 heavy (non-hydrogen) atoms. The maximum absolute atomic E-state index is 10.0. The molecule has 0 bridgehead atoms. The topological polar surface area (TPSA) is 61.6 Å². The Kier molecular flexibility index (Phi) is 6.92. The number of nitrogens with zero attached hydrogens (tertiary/aromatic N) is 4. The van der Waals surface area contributed by atoms with Gasteiger partial charge < -0.3 is 14.4 Å². The van der Waals surface area contributed by atoms with Gasteiger partial charge in [-0.3, -0.25) is 4.90 Å². The average molecular weight is 387 g/mol. The lowest BCUT2D eigenvalue weighted by atomic mass is 9.87. The van der Waals surface area contributed by atoms with Crippen LogP contribution < -0.4 is 4.90 Å². The smallest absolute Gasteiger partial charge is 0.147 e. The van der Waals surface area contributed by atoms with Gasteiger partial charge in [0.05, 0.1) is 24.4 Å². The lowest BCUT2D eigenvalue weighted by Gasteiger charge is -2.38. The van der Waals surface area contributed by atoms with E-state index in [1.807, 2.05) is 0 Å². The molecule has 0 radical (unpaired) electrons. The number of aromatic nitrogens is 1. The van der Waals surface area contributed by atoms with Crippen molar-refractivity contribution in [1.29, 1.82) is 5.26 Å². The molecule has 0 aliphatic carbocycles. The summed E-state index contributed by atoms with van der Waals surface area (Å²) in [4.78, 5) is 9.75. The molecule has 154 valence electrons. The number of rotatable bonds is 7. The number of fused-ring (bicyclic) bond motifs is 1. The number of unbranched alkanes of at least 4 members (excludes halogenated alkanes) is 1. The first-order valence-corrected chi connectivity index (χ1v) is 10.5. The van der Waals surface area contributed by atoms with Gasteiger partial charge in [-0.25, -0.2) is 4.98 Å². The number of hydrogen-bond acceptors (Lipinski definition) is 6. The standard InChI is InChI=1S/C22H34N4O2/c1-5-6-7-20-19-16-28-22(2,3)14-17(19)18(15-23)21(24-20)26-10-8-25(9-11-26)12-13-27-4/h5-14,16H2,1-4H3. The highest BCUT2D eigenvalue weighted by Crippen LogP contribution is 2.36. The van der Waals surface area contributed by atoms with Crippen molar-refractivity contribution in [2.24, 2.45) is 0 Å². The molecule has 6 nitrogen and oxygen atoms in total. The van der Waals surface area contributed by atoms with E-state index in [1.54, 1.807) is 7.11 Å². The number of anilines is 1. The van der Waals surface area contributed by atoms with E-state index in [-0.39, 0.29) is 5.60 Å². The Morgan fingerprint density at radius 2 is 1.96 bits per heavy atom. The van der Waals surface area contributed by atoms with Gasteiger partial charge in [-0.2, -0.15) is 5.26 Å². The average Bonchev–Trinajstić information content (AvgIpc) is 2.69. The fourth-order valence-electron chi connectivity index (χ4n) is 4.12. The van der Waals surface area contributed by atoms with Gasteiger partial charge in [-0.15, -0.1) is 0 Å². The number of ether oxygens (including phenoxy) is 2. The van der Waals surface area contributed by atoms with E-state index >= 15 is 0 Å². The van der Waals surface area contributed by atoms with Crippen LogP contribution in [-0.2, 0) is 28.9 Å². The van der Waals surface area contributed by atoms with Gasteiger partial charge in [0.25, 0.3) is 0 Å². The Bertz CT molecular complexity index is 718. The summed E-state index contributed by atoms with van der Waals surface area (Å²) in [7, 11) is 1.75. The first kappa shape index (κ1) is 21.0. The van der Waals surface area contributed by atoms with Crippen molar-refractivity contribution in [3.05, 3.63) is 22.4 Å². The summed E-state index contributed by atoms with van der Waals surface area (Å²) >= 11 is 0. The molecule has 0 saturated carbocycles. The first-order valence-electron chi connectivity index (χ1n) is 10.5. The summed E-state index contributed by atoms with van der Waals surface area (Å²) < 4.78 is 11.3. The number of aryl methyl sites for hydroxylation is 1. The van der Waals surface area contributed by atoms with E-state index in [9.17, 15) is 5.26 Å². The summed E-state index contributed by atoms with van der Waals surface area (Å²) in [6.07, 6.45) is 3.97. The van der Waals surface area contributed by atoms with Gasteiger partial charge in [0, 0.05) is 57.5 Å². The fraction of sp³-hybridized carbons (Fsp3) is 0.727. The second-order valence-electron chi connectivity index (χ2n) is 8.48. The molecule has 0 amide bonds. The summed E-state index contributed by atoms with van der Waals surface area (Å²) in [5.41, 5.74) is 3.97. The summed E-state index contributed by atoms with van der Waals surface area (Å²) in [6, 6.07) is 2.49. The normalized spacial score (nSPS) is 19.3. The Morgan fingerprint density at radius 3 is 2.61 bits per heavy atom. The van der Waals surface area contributed by atoms with E-state index in [2.05, 4.69) is 36.6 Å². The Hall–Kier alpha value is -1.68. The first-order chi connectivity index (χ1) is 13.5. The van der Waals surface area contributed by atoms with Crippen molar-refractivity contribution in [3.8, 4) is 6.07 Å². The van der Waals surface area contributed by atoms with Gasteiger partial charge in [0.2, 0.25) is 0 Å². The molecule has 0 unspecified atom stereocenters. The second kappa shape index (κ2) is 9.21. The predicted molar refractivity (Wildman–Crippen MR) is 111 cm³/mol. The molecule has 0 atom stereocenters. The van der Waals surface area contributed by atoms with Crippen LogP contribution >= 0.6 is 0 Å². The van der Waals surface area contributed by atoms with Gasteiger partial charge in [-0.05, 0) is 32.3 Å². The third-order valence-corrected chi connectivity index (χ3v) is 5.85. The maximum atomic E-state index is 10.0. The van der Waals surface area contributed by atoms with Crippen LogP contribution in [0.25, 0.3) is 0 Å². The number of methoxy groups -OCH3 is 1. The van der Waals surface area contributed by atoms with E-state index < -0.39 is 0 Å². The van der Waals surface area contributed by atoms with Crippen LogP contribution in [0.2, 0.25) is 0 Å². The third-order valence-electron chi connectivity index (χ3n) is 5.85. The quantitative estimate of drug-likeness (QED) is 0.718. The minimum atomic E-state index is -0.238. The molecule has 3 rings (SSSR count). The molecular formula is C22H34N4O2. The molecule has 0 aromatic carbocycles. The van der Waals surface area contributed by atoms with Crippen LogP contribution in [0, 0.1) is 11.3 Å². The predicted octanol–water partition coefficient (Wildman–Crippen LogP) is 2.92. The highest BCUT2D eigenvalue weighted by Gasteiger charge is 2.33. The summed E-state index contributed by atoms with van der Waals surface area (Å²) in [5, 5.41) is 10.0. The SMILES string of the molecule is CCCCc1nc(N2CCN(CCOC)CC2)c(C#N)c2c1COC(C)(C)C2. The molecule has 0 spiro atoms. The largest absolute Gasteiger partial charge is 0.383 e. The molecule has 2 aliphatic heterocycles. The van der Waals surface area contributed by atoms with Crippen LogP contribution in [-0.4, -0.2) is 61.9 Å². The zero-order valence-electron chi connectivity index (χ0n) is 17.9. The minimum absolute atomic E-state index is 0.238. The minimum Gasteiger partial charge on any atom is -0.383 e. The van der Waals surface area contributed by atoms with Gasteiger partial charge >= 0.3 is 0 Å². The van der Waals surface area contributed by atoms with Gasteiger partial charge in [0.1, 0.15) is 11.9 Å². The zero-order chi connectivity index (χ0) is 20.1. The molecule has 1 aromatic heterocycles. The highest BCUT2D eigenvalue weighted by molar-refractivity contribution is 5.62. The van der Waals surface area contributed by atoms with E-state index in [0.717, 1.165) is 93.2 Å². The van der Waals surface area contributed by atoms with Crippen molar-refractivity contribution in [2.75, 3.05) is 51.3 Å². The highest BCUT2D eigenvalue weighted by atomic mass is 16.5. The van der Waals surface area contributed by atoms with Gasteiger partial charge in [-0.1, -0.05) is 13.3 Å². The number of piperazine rings is 1. The van der Waals surface area contributed by atoms with Crippen molar-refractivity contribution in [1.82, 2.24) is 9.88 Å². The molecule has 6 heteroatoms. The Morgan fingerprint density at radius 1 is 1.21 bits per heavy atom. The van der Waals surface area contributed by atoms with Crippen LogP contribution in [0.1, 0.15) is 56.0 Å². The van der Waals surface area contributed by atoms with Gasteiger partial charge in [0.15, 0.2) is 0 Å². The molecule has 2 aliphatic rings. The van der Waals surface area contributed by atoms with Crippen LogP contribution in [0.15, 0.2) is 0 Å². The van der Waals surface area contributed by atoms with E-state index in [1.165, 1.54) is 0 Å². The third kappa shape index (κ3) is 4.65. The number of nitriles is 1. The van der Waals surface area contributed by atoms with E-state index in [4.69, 9.17) is 14.5 Å². The molecule has 1 aromatic rings. The van der Waals surface area contributed by atoms with Crippen molar-refractivity contribution in [2.45, 2.75) is 58.7 Å². The lowest BCUT2D eigenvalue weighted by Crippen LogP contribution is -2.48. The van der Waals surface area contributed by atoms with Crippen LogP contribution in [0.3, 0.4) is 0 Å². The zero-order valence-corrected chi connectivity index (χ0v) is 17.9. The van der Waals surface area contributed by atoms with Crippen molar-refractivity contribution >= 4 is 5.82 Å². The molecule has 1 fully saturated rings. The lowest BCUT2D eigenvalue weighted by molar-refractivity contribution is -0.0407. The Balaban J connectivity index is 1.91. The fourth-order valence-corrected chi connectivity index (χ4v) is 4.12. The monoisotopic (exact) mass is 386 g/mol. The molecular weight excluding hydrogens is 352 g/mol. The van der Waals surface area contributed by atoms with Crippen LogP contribution in [0.4, 0.5) is 5.82 Å².